The first-order valence-electron chi connectivity index (χ1n) is 6.53. The zero-order valence-electron chi connectivity index (χ0n) is 11.7. The fraction of sp³-hybridized carbons (Fsp3) is 0.375. The number of aliphatic hydroxyl groups is 1. The van der Waals surface area contributed by atoms with Gasteiger partial charge in [0.25, 0.3) is 0 Å². The molecular weight excluding hydrogens is 238 g/mol. The van der Waals surface area contributed by atoms with Gasteiger partial charge in [-0.1, -0.05) is 50.2 Å². The Labute approximate surface area is 114 Å². The lowest BCUT2D eigenvalue weighted by Gasteiger charge is -2.28. The van der Waals surface area contributed by atoms with Gasteiger partial charge < -0.3 is 9.84 Å². The van der Waals surface area contributed by atoms with Crippen LogP contribution in [-0.2, 0) is 5.72 Å². The second kappa shape index (κ2) is 5.19. The summed E-state index contributed by atoms with van der Waals surface area (Å²) in [7, 11) is 1.61. The summed E-state index contributed by atoms with van der Waals surface area (Å²) in [4.78, 5) is 0. The van der Waals surface area contributed by atoms with Crippen LogP contribution in [0.3, 0.4) is 0 Å². The first-order valence-corrected chi connectivity index (χ1v) is 6.53. The second-order valence-electron chi connectivity index (χ2n) is 5.39. The molecule has 2 aromatic rings. The summed E-state index contributed by atoms with van der Waals surface area (Å²) in [6.07, 6.45) is 0.488. The molecule has 2 rings (SSSR count). The van der Waals surface area contributed by atoms with Crippen molar-refractivity contribution in [1.82, 2.24) is 0 Å². The fourth-order valence-corrected chi connectivity index (χ4v) is 2.54. The smallest absolute Gasteiger partial charge is 0.143 e. The molecule has 3 N–H and O–H groups in total. The number of nitrogens with two attached hydrogens (primary N) is 1. The molecule has 0 saturated carbocycles. The molecule has 0 heterocycles. The minimum absolute atomic E-state index is 0.297. The summed E-state index contributed by atoms with van der Waals surface area (Å²) < 4.78 is 5.49. The predicted molar refractivity (Wildman–Crippen MR) is 78.0 cm³/mol. The Kier molecular flexibility index (Phi) is 3.78. The Morgan fingerprint density at radius 1 is 1.21 bits per heavy atom. The number of fused-ring (bicyclic) bond motifs is 1. The van der Waals surface area contributed by atoms with E-state index >= 15 is 0 Å². The van der Waals surface area contributed by atoms with Gasteiger partial charge in [0.2, 0.25) is 0 Å². The van der Waals surface area contributed by atoms with Crippen LogP contribution < -0.4 is 10.5 Å². The predicted octanol–water partition coefficient (Wildman–Crippen LogP) is 3.00. The van der Waals surface area contributed by atoms with E-state index in [1.165, 1.54) is 0 Å². The van der Waals surface area contributed by atoms with E-state index in [-0.39, 0.29) is 0 Å². The molecule has 0 radical (unpaired) electrons. The van der Waals surface area contributed by atoms with Gasteiger partial charge in [0.05, 0.1) is 7.11 Å². The monoisotopic (exact) mass is 259 g/mol. The van der Waals surface area contributed by atoms with Crippen LogP contribution in [0.15, 0.2) is 36.4 Å². The van der Waals surface area contributed by atoms with Crippen LogP contribution in [0.1, 0.15) is 25.8 Å². The Morgan fingerprint density at radius 2 is 1.89 bits per heavy atom. The van der Waals surface area contributed by atoms with Gasteiger partial charge in [-0.05, 0) is 17.7 Å². The maximum atomic E-state index is 10.5. The molecule has 1 unspecified atom stereocenters. The maximum absolute atomic E-state index is 10.5. The topological polar surface area (TPSA) is 55.5 Å². The van der Waals surface area contributed by atoms with Crippen LogP contribution >= 0.6 is 0 Å². The molecule has 1 atom stereocenters. The molecule has 0 fully saturated rings. The number of hydrogen-bond donors (Lipinski definition) is 2. The number of methoxy groups -OCH3 is 1. The van der Waals surface area contributed by atoms with Crippen molar-refractivity contribution in [1.29, 1.82) is 0 Å². The molecule has 0 saturated heterocycles. The molecule has 0 aromatic heterocycles. The van der Waals surface area contributed by atoms with E-state index in [1.807, 2.05) is 50.2 Å². The molecule has 0 aliphatic heterocycles. The van der Waals surface area contributed by atoms with Crippen LogP contribution in [-0.4, -0.2) is 12.2 Å². The molecule has 102 valence electrons. The van der Waals surface area contributed by atoms with Crippen molar-refractivity contribution in [3.05, 3.63) is 42.0 Å². The van der Waals surface area contributed by atoms with Gasteiger partial charge in [-0.2, -0.15) is 0 Å². The Bertz CT molecular complexity index is 576. The van der Waals surface area contributed by atoms with Crippen molar-refractivity contribution < 1.29 is 9.84 Å². The molecule has 0 bridgehead atoms. The van der Waals surface area contributed by atoms with Gasteiger partial charge >= 0.3 is 0 Å². The summed E-state index contributed by atoms with van der Waals surface area (Å²) >= 11 is 0. The lowest BCUT2D eigenvalue weighted by atomic mass is 9.91. The van der Waals surface area contributed by atoms with Crippen molar-refractivity contribution in [2.75, 3.05) is 7.11 Å². The van der Waals surface area contributed by atoms with Gasteiger partial charge in [-0.3, -0.25) is 5.73 Å². The maximum Gasteiger partial charge on any atom is 0.143 e. The quantitative estimate of drug-likeness (QED) is 0.830. The molecule has 3 heteroatoms. The van der Waals surface area contributed by atoms with Gasteiger partial charge in [0, 0.05) is 10.9 Å². The standard InChI is InChI=1S/C16H21NO2/c1-11(2)10-16(17,18)14-9-8-12-6-4-5-7-13(12)15(14)19-3/h4-9,11,18H,10,17H2,1-3H3. The third-order valence-electron chi connectivity index (χ3n) is 3.27. The van der Waals surface area contributed by atoms with E-state index in [0.29, 0.717) is 23.7 Å². The summed E-state index contributed by atoms with van der Waals surface area (Å²) in [5.41, 5.74) is 5.35. The van der Waals surface area contributed by atoms with E-state index in [2.05, 4.69) is 0 Å². The zero-order chi connectivity index (χ0) is 14.0. The third kappa shape index (κ3) is 2.72. The second-order valence-corrected chi connectivity index (χ2v) is 5.39. The first kappa shape index (κ1) is 13.8. The lowest BCUT2D eigenvalue weighted by molar-refractivity contribution is 0.0198. The summed E-state index contributed by atoms with van der Waals surface area (Å²) in [5, 5.41) is 12.6. The summed E-state index contributed by atoms with van der Waals surface area (Å²) in [6, 6.07) is 11.7. The van der Waals surface area contributed by atoms with Crippen LogP contribution in [0.5, 0.6) is 5.75 Å². The Balaban J connectivity index is 2.60. The van der Waals surface area contributed by atoms with Gasteiger partial charge in [-0.25, -0.2) is 0 Å². The highest BCUT2D eigenvalue weighted by Crippen LogP contribution is 2.36. The first-order chi connectivity index (χ1) is 8.95. The zero-order valence-corrected chi connectivity index (χ0v) is 11.7. The fourth-order valence-electron chi connectivity index (χ4n) is 2.54. The van der Waals surface area contributed by atoms with Crippen LogP contribution in [0.4, 0.5) is 0 Å². The minimum Gasteiger partial charge on any atom is -0.496 e. The molecule has 3 nitrogen and oxygen atoms in total. The van der Waals surface area contributed by atoms with E-state index in [0.717, 1.165) is 10.8 Å². The van der Waals surface area contributed by atoms with E-state index in [1.54, 1.807) is 7.11 Å². The molecule has 0 amide bonds. The van der Waals surface area contributed by atoms with Crippen molar-refractivity contribution in [2.24, 2.45) is 11.7 Å². The molecule has 0 aliphatic rings. The summed E-state index contributed by atoms with van der Waals surface area (Å²) in [5.74, 6) is 0.954. The van der Waals surface area contributed by atoms with E-state index < -0.39 is 5.72 Å². The molecule has 0 aliphatic carbocycles. The van der Waals surface area contributed by atoms with E-state index in [9.17, 15) is 5.11 Å². The third-order valence-corrected chi connectivity index (χ3v) is 3.27. The Hall–Kier alpha value is -1.58. The SMILES string of the molecule is COc1c(C(N)(O)CC(C)C)ccc2ccccc12. The highest BCUT2D eigenvalue weighted by molar-refractivity contribution is 5.89. The average Bonchev–Trinajstić information content (AvgIpc) is 2.35. The lowest BCUT2D eigenvalue weighted by Crippen LogP contribution is -2.38. The normalized spacial score (nSPS) is 14.6. The van der Waals surface area contributed by atoms with Crippen LogP contribution in [0.2, 0.25) is 0 Å². The number of ether oxygens (including phenoxy) is 1. The number of benzene rings is 2. The molecule has 2 aromatic carbocycles. The van der Waals surface area contributed by atoms with E-state index in [4.69, 9.17) is 10.5 Å². The highest BCUT2D eigenvalue weighted by atomic mass is 16.5. The minimum atomic E-state index is -1.37. The van der Waals surface area contributed by atoms with Crippen LogP contribution in [0.25, 0.3) is 10.8 Å². The molecule has 19 heavy (non-hydrogen) atoms. The van der Waals surface area contributed by atoms with Crippen molar-refractivity contribution in [2.45, 2.75) is 26.0 Å². The van der Waals surface area contributed by atoms with Crippen molar-refractivity contribution >= 4 is 10.8 Å². The summed E-state index contributed by atoms with van der Waals surface area (Å²) in [6.45, 7) is 4.07. The van der Waals surface area contributed by atoms with Crippen molar-refractivity contribution in [3.8, 4) is 5.75 Å². The number of rotatable bonds is 4. The van der Waals surface area contributed by atoms with Gasteiger partial charge in [0.15, 0.2) is 0 Å². The van der Waals surface area contributed by atoms with Gasteiger partial charge in [-0.15, -0.1) is 0 Å². The molecule has 0 spiro atoms. The highest BCUT2D eigenvalue weighted by Gasteiger charge is 2.29. The number of hydrogen-bond acceptors (Lipinski definition) is 3. The molecular formula is C16H21NO2. The Morgan fingerprint density at radius 3 is 2.53 bits per heavy atom. The van der Waals surface area contributed by atoms with Gasteiger partial charge in [0.1, 0.15) is 11.5 Å². The van der Waals surface area contributed by atoms with Crippen LogP contribution in [0, 0.1) is 5.92 Å². The van der Waals surface area contributed by atoms with Crippen molar-refractivity contribution in [3.63, 3.8) is 0 Å². The largest absolute Gasteiger partial charge is 0.496 e. The average molecular weight is 259 g/mol.